The zero-order chi connectivity index (χ0) is 14.7. The second kappa shape index (κ2) is 6.34. The van der Waals surface area contributed by atoms with E-state index in [0.717, 1.165) is 0 Å². The second-order valence-electron chi connectivity index (χ2n) is 4.54. The smallest absolute Gasteiger partial charge is 0.336 e. The van der Waals surface area contributed by atoms with Crippen molar-refractivity contribution in [2.75, 3.05) is 19.0 Å². The Kier molecular flexibility index (Phi) is 4.74. The lowest BCUT2D eigenvalue weighted by atomic mass is 10.1. The molecule has 0 aromatic heterocycles. The maximum Gasteiger partial charge on any atom is 0.336 e. The zero-order valence-electron chi connectivity index (χ0n) is 10.9. The highest BCUT2D eigenvalue weighted by atomic mass is 79.9. The number of aromatic carboxylic acids is 1. The standard InChI is InChI=1S/C13H15BrN2O4/c1-20-8-5-11(15-6-8)12(17)16-7-2-3-10(14)9(4-7)13(18)19/h2-4,8,11,15H,5-6H2,1H3,(H,16,17)(H,18,19). The van der Waals surface area contributed by atoms with Crippen LogP contribution in [0.3, 0.4) is 0 Å². The van der Waals surface area contributed by atoms with E-state index in [2.05, 4.69) is 26.6 Å². The molecule has 7 heteroatoms. The Morgan fingerprint density at radius 3 is 2.85 bits per heavy atom. The fourth-order valence-corrected chi connectivity index (χ4v) is 2.50. The van der Waals surface area contributed by atoms with Crippen LogP contribution in [0.1, 0.15) is 16.8 Å². The third kappa shape index (κ3) is 3.36. The molecule has 108 valence electrons. The molecule has 1 aromatic rings. The van der Waals surface area contributed by atoms with Gasteiger partial charge in [-0.3, -0.25) is 4.79 Å². The third-order valence-electron chi connectivity index (χ3n) is 3.20. The van der Waals surface area contributed by atoms with E-state index >= 15 is 0 Å². The highest BCUT2D eigenvalue weighted by Crippen LogP contribution is 2.22. The highest BCUT2D eigenvalue weighted by Gasteiger charge is 2.29. The van der Waals surface area contributed by atoms with Crippen LogP contribution in [-0.2, 0) is 9.53 Å². The molecule has 20 heavy (non-hydrogen) atoms. The molecule has 6 nitrogen and oxygen atoms in total. The zero-order valence-corrected chi connectivity index (χ0v) is 12.4. The summed E-state index contributed by atoms with van der Waals surface area (Å²) < 4.78 is 5.66. The Morgan fingerprint density at radius 1 is 1.50 bits per heavy atom. The number of benzene rings is 1. The Hall–Kier alpha value is -1.44. The molecule has 1 heterocycles. The van der Waals surface area contributed by atoms with Crippen molar-refractivity contribution in [3.8, 4) is 0 Å². The van der Waals surface area contributed by atoms with E-state index in [9.17, 15) is 9.59 Å². The van der Waals surface area contributed by atoms with Gasteiger partial charge in [0.2, 0.25) is 5.91 Å². The number of rotatable bonds is 4. The predicted octanol–water partition coefficient (Wildman–Crippen LogP) is 1.46. The summed E-state index contributed by atoms with van der Waals surface area (Å²) in [5, 5.41) is 14.8. The van der Waals surface area contributed by atoms with E-state index in [1.807, 2.05) is 0 Å². The normalized spacial score (nSPS) is 21.7. The van der Waals surface area contributed by atoms with Gasteiger partial charge in [0.25, 0.3) is 0 Å². The van der Waals surface area contributed by atoms with Crippen molar-refractivity contribution in [1.82, 2.24) is 5.32 Å². The van der Waals surface area contributed by atoms with Crippen LogP contribution < -0.4 is 10.6 Å². The Balaban J connectivity index is 2.05. The van der Waals surface area contributed by atoms with Crippen molar-refractivity contribution in [3.05, 3.63) is 28.2 Å². The van der Waals surface area contributed by atoms with Crippen molar-refractivity contribution >= 4 is 33.5 Å². The largest absolute Gasteiger partial charge is 0.478 e. The summed E-state index contributed by atoms with van der Waals surface area (Å²) in [6.45, 7) is 0.634. The molecule has 1 saturated heterocycles. The van der Waals surface area contributed by atoms with E-state index in [1.54, 1.807) is 19.2 Å². The predicted molar refractivity (Wildman–Crippen MR) is 76.9 cm³/mol. The topological polar surface area (TPSA) is 87.7 Å². The number of hydrogen-bond donors (Lipinski definition) is 3. The van der Waals surface area contributed by atoms with Crippen LogP contribution in [0.25, 0.3) is 0 Å². The number of hydrogen-bond acceptors (Lipinski definition) is 4. The summed E-state index contributed by atoms with van der Waals surface area (Å²) in [7, 11) is 1.61. The first-order chi connectivity index (χ1) is 9.51. The summed E-state index contributed by atoms with van der Waals surface area (Å²) in [4.78, 5) is 23.1. The SMILES string of the molecule is COC1CNC(C(=O)Nc2ccc(Br)c(C(=O)O)c2)C1. The molecular formula is C13H15BrN2O4. The maximum absolute atomic E-state index is 12.1. The molecule has 1 aliphatic heterocycles. The Labute approximate surface area is 124 Å². The number of ether oxygens (including phenoxy) is 1. The minimum atomic E-state index is -1.05. The maximum atomic E-state index is 12.1. The number of carboxylic acid groups (broad SMARTS) is 1. The molecule has 0 saturated carbocycles. The molecule has 0 aliphatic carbocycles. The number of anilines is 1. The van der Waals surface area contributed by atoms with E-state index in [0.29, 0.717) is 23.1 Å². The van der Waals surface area contributed by atoms with Crippen molar-refractivity contribution < 1.29 is 19.4 Å². The van der Waals surface area contributed by atoms with Gasteiger partial charge >= 0.3 is 5.97 Å². The minimum absolute atomic E-state index is 0.0326. The molecule has 2 rings (SSSR count). The first kappa shape index (κ1) is 15.0. The summed E-state index contributed by atoms with van der Waals surface area (Å²) in [6.07, 6.45) is 0.634. The molecular weight excluding hydrogens is 328 g/mol. The first-order valence-electron chi connectivity index (χ1n) is 6.11. The van der Waals surface area contributed by atoms with E-state index < -0.39 is 5.97 Å². The van der Waals surface area contributed by atoms with E-state index in [-0.39, 0.29) is 23.6 Å². The molecule has 1 amide bonds. The summed E-state index contributed by atoms with van der Waals surface area (Å²) in [6, 6.07) is 4.35. The van der Waals surface area contributed by atoms with Crippen LogP contribution in [0.15, 0.2) is 22.7 Å². The third-order valence-corrected chi connectivity index (χ3v) is 3.90. The van der Waals surface area contributed by atoms with Gasteiger partial charge in [0.05, 0.1) is 17.7 Å². The fraction of sp³-hybridized carbons (Fsp3) is 0.385. The van der Waals surface area contributed by atoms with Gasteiger partial charge in [0.15, 0.2) is 0 Å². The summed E-state index contributed by atoms with van der Waals surface area (Å²) >= 11 is 3.16. The number of carbonyl (C=O) groups excluding carboxylic acids is 1. The molecule has 1 aromatic carbocycles. The molecule has 0 bridgehead atoms. The highest BCUT2D eigenvalue weighted by molar-refractivity contribution is 9.10. The number of amides is 1. The molecule has 2 atom stereocenters. The second-order valence-corrected chi connectivity index (χ2v) is 5.40. The Bertz CT molecular complexity index is 535. The van der Waals surface area contributed by atoms with E-state index in [1.165, 1.54) is 6.07 Å². The number of carboxylic acids is 1. The fourth-order valence-electron chi connectivity index (χ4n) is 2.08. The minimum Gasteiger partial charge on any atom is -0.478 e. The van der Waals surface area contributed by atoms with Gasteiger partial charge in [-0.05, 0) is 40.5 Å². The Morgan fingerprint density at radius 2 is 2.25 bits per heavy atom. The average Bonchev–Trinajstić information content (AvgIpc) is 2.89. The van der Waals surface area contributed by atoms with Crippen molar-refractivity contribution in [1.29, 1.82) is 0 Å². The van der Waals surface area contributed by atoms with Gasteiger partial charge in [-0.2, -0.15) is 0 Å². The van der Waals surface area contributed by atoms with Crippen molar-refractivity contribution in [2.45, 2.75) is 18.6 Å². The van der Waals surface area contributed by atoms with Crippen LogP contribution in [0.4, 0.5) is 5.69 Å². The van der Waals surface area contributed by atoms with Crippen molar-refractivity contribution in [2.24, 2.45) is 0 Å². The molecule has 1 fully saturated rings. The van der Waals surface area contributed by atoms with Gasteiger partial charge < -0.3 is 20.5 Å². The number of nitrogens with one attached hydrogen (secondary N) is 2. The number of carbonyl (C=O) groups is 2. The quantitative estimate of drug-likeness (QED) is 0.771. The molecule has 0 spiro atoms. The van der Waals surface area contributed by atoms with Gasteiger partial charge in [-0.25, -0.2) is 4.79 Å². The van der Waals surface area contributed by atoms with Gasteiger partial charge in [0, 0.05) is 23.8 Å². The molecule has 1 aliphatic rings. The summed E-state index contributed by atoms with van der Waals surface area (Å²) in [5.74, 6) is -1.24. The van der Waals surface area contributed by atoms with Crippen molar-refractivity contribution in [3.63, 3.8) is 0 Å². The lowest BCUT2D eigenvalue weighted by Gasteiger charge is -2.12. The number of methoxy groups -OCH3 is 1. The molecule has 2 unspecified atom stereocenters. The van der Waals surface area contributed by atoms with Crippen LogP contribution in [0, 0.1) is 0 Å². The van der Waals surface area contributed by atoms with Crippen LogP contribution in [0.5, 0.6) is 0 Å². The number of halogens is 1. The monoisotopic (exact) mass is 342 g/mol. The van der Waals surface area contributed by atoms with Crippen LogP contribution >= 0.6 is 15.9 Å². The lowest BCUT2D eigenvalue weighted by Crippen LogP contribution is -2.35. The summed E-state index contributed by atoms with van der Waals surface area (Å²) in [5.41, 5.74) is 0.565. The molecule has 3 N–H and O–H groups in total. The molecule has 0 radical (unpaired) electrons. The van der Waals surface area contributed by atoms with Crippen LogP contribution in [0.2, 0.25) is 0 Å². The lowest BCUT2D eigenvalue weighted by molar-refractivity contribution is -0.118. The van der Waals surface area contributed by atoms with Gasteiger partial charge in [-0.15, -0.1) is 0 Å². The van der Waals surface area contributed by atoms with E-state index in [4.69, 9.17) is 9.84 Å². The average molecular weight is 343 g/mol. The van der Waals surface area contributed by atoms with Gasteiger partial charge in [0.1, 0.15) is 0 Å². The van der Waals surface area contributed by atoms with Crippen LogP contribution in [-0.4, -0.2) is 42.8 Å². The first-order valence-corrected chi connectivity index (χ1v) is 6.90. The van der Waals surface area contributed by atoms with Gasteiger partial charge in [-0.1, -0.05) is 0 Å².